The van der Waals surface area contributed by atoms with Gasteiger partial charge in [0.1, 0.15) is 13.2 Å². The molecule has 6 heteroatoms. The van der Waals surface area contributed by atoms with E-state index in [9.17, 15) is 14.4 Å². The number of esters is 3. The summed E-state index contributed by atoms with van der Waals surface area (Å²) in [4.78, 5) is 38.4. The maximum atomic E-state index is 12.9. The van der Waals surface area contributed by atoms with Crippen molar-refractivity contribution in [3.05, 3.63) is 146 Å². The van der Waals surface area contributed by atoms with Gasteiger partial charge in [-0.1, -0.05) is 263 Å². The molecule has 0 saturated carbocycles. The monoisotopic (exact) mass is 1090 g/mol. The lowest BCUT2D eigenvalue weighted by atomic mass is 10.1. The molecular weight excluding hydrogens is 973 g/mol. The molecule has 0 spiro atoms. The smallest absolute Gasteiger partial charge is 0.306 e. The summed E-state index contributed by atoms with van der Waals surface area (Å²) in [5.74, 6) is -0.938. The van der Waals surface area contributed by atoms with Crippen molar-refractivity contribution in [2.24, 2.45) is 0 Å². The molecule has 0 rings (SSSR count). The van der Waals surface area contributed by atoms with E-state index in [1.54, 1.807) is 0 Å². The van der Waals surface area contributed by atoms with Gasteiger partial charge in [-0.2, -0.15) is 0 Å². The highest BCUT2D eigenvalue weighted by Gasteiger charge is 2.19. The lowest BCUT2D eigenvalue weighted by Gasteiger charge is -2.18. The molecule has 0 N–H and O–H groups in total. The number of hydrogen-bond acceptors (Lipinski definition) is 6. The van der Waals surface area contributed by atoms with Crippen molar-refractivity contribution >= 4 is 17.9 Å². The molecule has 0 bridgehead atoms. The van der Waals surface area contributed by atoms with Gasteiger partial charge in [0, 0.05) is 19.3 Å². The number of hydrogen-bond donors (Lipinski definition) is 0. The van der Waals surface area contributed by atoms with Crippen molar-refractivity contribution < 1.29 is 28.6 Å². The Kier molecular flexibility index (Phi) is 61.9. The largest absolute Gasteiger partial charge is 0.462 e. The third-order valence-corrected chi connectivity index (χ3v) is 13.3. The van der Waals surface area contributed by atoms with Crippen LogP contribution in [0.5, 0.6) is 0 Å². The molecule has 0 aliphatic rings. The molecule has 0 radical (unpaired) electrons. The molecule has 6 nitrogen and oxygen atoms in total. The van der Waals surface area contributed by atoms with E-state index >= 15 is 0 Å². The average molecular weight is 1090 g/mol. The molecule has 0 fully saturated rings. The minimum absolute atomic E-state index is 0.0997. The number of carbonyl (C=O) groups excluding carboxylic acids is 3. The minimum Gasteiger partial charge on any atom is -0.462 e. The van der Waals surface area contributed by atoms with Crippen molar-refractivity contribution in [2.45, 2.75) is 284 Å². The number of rotatable bonds is 57. The maximum Gasteiger partial charge on any atom is 0.306 e. The topological polar surface area (TPSA) is 78.9 Å². The van der Waals surface area contributed by atoms with E-state index in [1.807, 2.05) is 0 Å². The second kappa shape index (κ2) is 65.8. The number of unbranched alkanes of at least 4 members (excludes halogenated alkanes) is 22. The normalized spacial score (nSPS) is 13.1. The SMILES string of the molecule is CC/C=C\C/C=C\C/C=C\C/C=C\C/C=C\C/C=C\C/C=C\CCCCCCCC(=O)OCC(COC(=O)CCCCCCC/C=C\C/C=C\C/C=C\CC)OC(=O)CCCCCCCCCCC/C=C\C/C=C\CCCCC. The van der Waals surface area contributed by atoms with Gasteiger partial charge < -0.3 is 14.2 Å². The summed E-state index contributed by atoms with van der Waals surface area (Å²) in [6.07, 6.45) is 94.2. The van der Waals surface area contributed by atoms with Gasteiger partial charge in [0.05, 0.1) is 0 Å². The molecule has 0 saturated heterocycles. The second-order valence-electron chi connectivity index (χ2n) is 20.9. The highest BCUT2D eigenvalue weighted by atomic mass is 16.6. The second-order valence-corrected chi connectivity index (χ2v) is 20.9. The molecule has 446 valence electrons. The maximum absolute atomic E-state index is 12.9. The summed E-state index contributed by atoms with van der Waals surface area (Å²) < 4.78 is 16.9. The van der Waals surface area contributed by atoms with Crippen LogP contribution in [0.4, 0.5) is 0 Å². The van der Waals surface area contributed by atoms with E-state index in [2.05, 4.69) is 167 Å². The standard InChI is InChI=1S/C73H118O6/c1-4-7-10-13-16-19-22-25-28-30-32-33-34-35-36-37-38-39-41-42-45-48-51-54-57-60-63-66-72(75)78-69-70(68-77-71(74)65-62-59-56-53-50-47-44-27-24-21-18-15-12-9-6-3)79-73(76)67-64-61-58-55-52-49-46-43-40-31-29-26-23-20-17-14-11-8-5-2/h7,9-10,12,16-21,25-29,32-33,35-36,38-39,42,44-45,70H,4-6,8,11,13-15,22-24,30-31,34,37,40-41,43,46-69H2,1-3H3/b10-7-,12-9-,19-16-,20-17-,21-18-,28-25-,29-26-,33-32-,36-35-,39-38-,44-27-,45-42-. The Morgan fingerprint density at radius 3 is 0.772 bits per heavy atom. The summed E-state index contributed by atoms with van der Waals surface area (Å²) in [5.41, 5.74) is 0. The fraction of sp³-hybridized carbons (Fsp3) is 0.630. The Morgan fingerprint density at radius 1 is 0.266 bits per heavy atom. The van der Waals surface area contributed by atoms with Crippen LogP contribution in [0.3, 0.4) is 0 Å². The molecule has 1 atom stereocenters. The molecule has 0 heterocycles. The van der Waals surface area contributed by atoms with Crippen LogP contribution in [0.25, 0.3) is 0 Å². The van der Waals surface area contributed by atoms with Crippen molar-refractivity contribution in [2.75, 3.05) is 13.2 Å². The van der Waals surface area contributed by atoms with Gasteiger partial charge >= 0.3 is 17.9 Å². The van der Waals surface area contributed by atoms with Crippen LogP contribution in [0, 0.1) is 0 Å². The Balaban J connectivity index is 4.44. The zero-order valence-corrected chi connectivity index (χ0v) is 51.1. The van der Waals surface area contributed by atoms with Crippen LogP contribution in [-0.2, 0) is 28.6 Å². The zero-order valence-electron chi connectivity index (χ0n) is 51.1. The molecule has 79 heavy (non-hydrogen) atoms. The van der Waals surface area contributed by atoms with Gasteiger partial charge in [-0.05, 0) is 141 Å². The van der Waals surface area contributed by atoms with Gasteiger partial charge in [0.15, 0.2) is 6.10 Å². The molecule has 0 aromatic carbocycles. The van der Waals surface area contributed by atoms with Crippen molar-refractivity contribution in [3.63, 3.8) is 0 Å². The highest BCUT2D eigenvalue weighted by molar-refractivity contribution is 5.71. The fourth-order valence-corrected chi connectivity index (χ4v) is 8.53. The van der Waals surface area contributed by atoms with Crippen molar-refractivity contribution in [1.29, 1.82) is 0 Å². The first-order valence-corrected chi connectivity index (χ1v) is 32.3. The molecule has 0 aliphatic carbocycles. The van der Waals surface area contributed by atoms with E-state index in [4.69, 9.17) is 14.2 Å². The van der Waals surface area contributed by atoms with E-state index in [1.165, 1.54) is 70.6 Å². The van der Waals surface area contributed by atoms with Gasteiger partial charge in [-0.3, -0.25) is 14.4 Å². The summed E-state index contributed by atoms with van der Waals surface area (Å²) in [5, 5.41) is 0. The minimum atomic E-state index is -0.804. The first kappa shape index (κ1) is 74.3. The van der Waals surface area contributed by atoms with Crippen LogP contribution < -0.4 is 0 Å². The summed E-state index contributed by atoms with van der Waals surface area (Å²) in [6.45, 7) is 6.36. The highest BCUT2D eigenvalue weighted by Crippen LogP contribution is 2.15. The third-order valence-electron chi connectivity index (χ3n) is 13.3. The Morgan fingerprint density at radius 2 is 0.494 bits per heavy atom. The average Bonchev–Trinajstić information content (AvgIpc) is 3.45. The number of ether oxygens (including phenoxy) is 3. The van der Waals surface area contributed by atoms with Crippen molar-refractivity contribution in [1.82, 2.24) is 0 Å². The Hall–Kier alpha value is -4.71. The lowest BCUT2D eigenvalue weighted by Crippen LogP contribution is -2.30. The van der Waals surface area contributed by atoms with E-state index in [0.717, 1.165) is 167 Å². The third kappa shape index (κ3) is 64.0. The predicted octanol–water partition coefficient (Wildman–Crippen LogP) is 22.3. The quantitative estimate of drug-likeness (QED) is 0.0261. The molecule has 0 aliphatic heterocycles. The van der Waals surface area contributed by atoms with Gasteiger partial charge in [0.2, 0.25) is 0 Å². The Bertz CT molecular complexity index is 1730. The van der Waals surface area contributed by atoms with Crippen LogP contribution in [0.2, 0.25) is 0 Å². The molecule has 0 aromatic rings. The molecule has 1 unspecified atom stereocenters. The van der Waals surface area contributed by atoms with E-state index in [-0.39, 0.29) is 31.1 Å². The van der Waals surface area contributed by atoms with Crippen LogP contribution in [-0.4, -0.2) is 37.2 Å². The summed E-state index contributed by atoms with van der Waals surface area (Å²) in [6, 6.07) is 0. The van der Waals surface area contributed by atoms with E-state index < -0.39 is 6.10 Å². The molecule has 0 aromatic heterocycles. The summed E-state index contributed by atoms with van der Waals surface area (Å²) in [7, 11) is 0. The van der Waals surface area contributed by atoms with Crippen LogP contribution in [0.15, 0.2) is 146 Å². The van der Waals surface area contributed by atoms with Gasteiger partial charge in [0.25, 0.3) is 0 Å². The Labute approximate surface area is 487 Å². The van der Waals surface area contributed by atoms with Gasteiger partial charge in [-0.25, -0.2) is 0 Å². The molecular formula is C73H118O6. The van der Waals surface area contributed by atoms with Crippen LogP contribution >= 0.6 is 0 Å². The predicted molar refractivity (Wildman–Crippen MR) is 343 cm³/mol. The van der Waals surface area contributed by atoms with E-state index in [0.29, 0.717) is 19.3 Å². The summed E-state index contributed by atoms with van der Waals surface area (Å²) >= 11 is 0. The zero-order chi connectivity index (χ0) is 57.1. The van der Waals surface area contributed by atoms with Crippen LogP contribution in [0.1, 0.15) is 278 Å². The number of allylic oxidation sites excluding steroid dienone is 24. The van der Waals surface area contributed by atoms with Gasteiger partial charge in [-0.15, -0.1) is 0 Å². The first-order chi connectivity index (χ1) is 39.0. The molecule has 0 amide bonds. The number of carbonyl (C=O) groups is 3. The lowest BCUT2D eigenvalue weighted by molar-refractivity contribution is -0.167. The first-order valence-electron chi connectivity index (χ1n) is 32.3. The van der Waals surface area contributed by atoms with Crippen molar-refractivity contribution in [3.8, 4) is 0 Å². The fourth-order valence-electron chi connectivity index (χ4n) is 8.53.